The highest BCUT2D eigenvalue weighted by Gasteiger charge is 2.48. The quantitative estimate of drug-likeness (QED) is 0.191. The summed E-state index contributed by atoms with van der Waals surface area (Å²) in [6.07, 6.45) is 1.60. The van der Waals surface area contributed by atoms with Gasteiger partial charge in [-0.3, -0.25) is 14.5 Å². The number of alkyl halides is 3. The maximum atomic E-state index is 14.5. The molecular weight excluding hydrogens is 673 g/mol. The van der Waals surface area contributed by atoms with Crippen molar-refractivity contribution < 1.29 is 22.8 Å². The molecule has 0 spiro atoms. The average molecular weight is 704 g/mol. The Labute approximate surface area is 277 Å². The van der Waals surface area contributed by atoms with Crippen LogP contribution >= 0.6 is 15.9 Å². The van der Waals surface area contributed by atoms with E-state index in [1.807, 2.05) is 84.0 Å². The number of imidazole rings is 1. The van der Waals surface area contributed by atoms with E-state index >= 15 is 0 Å². The van der Waals surface area contributed by atoms with Crippen LogP contribution in [0.25, 0.3) is 11.4 Å². The number of nitrogens with zero attached hydrogens (tertiary/aromatic N) is 6. The van der Waals surface area contributed by atoms with Gasteiger partial charge in [-0.05, 0) is 61.4 Å². The van der Waals surface area contributed by atoms with Crippen LogP contribution in [0.3, 0.4) is 0 Å². The minimum atomic E-state index is -4.62. The summed E-state index contributed by atoms with van der Waals surface area (Å²) in [7, 11) is 1.92. The van der Waals surface area contributed by atoms with Crippen molar-refractivity contribution in [2.75, 3.05) is 11.4 Å². The Kier molecular flexibility index (Phi) is 7.78. The number of hydrogen-bond donors (Lipinski definition) is 0. The van der Waals surface area contributed by atoms with E-state index in [9.17, 15) is 22.8 Å². The first-order valence-electron chi connectivity index (χ1n) is 15.2. The topological polar surface area (TPSA) is 76.3 Å². The Bertz CT molecular complexity index is 1970. The third-order valence-electron chi connectivity index (χ3n) is 9.10. The number of rotatable bonds is 5. The summed E-state index contributed by atoms with van der Waals surface area (Å²) in [5.74, 6) is 0.289. The fourth-order valence-corrected chi connectivity index (χ4v) is 7.21. The second-order valence-electron chi connectivity index (χ2n) is 12.1. The highest BCUT2D eigenvalue weighted by atomic mass is 79.9. The lowest BCUT2D eigenvalue weighted by atomic mass is 9.84. The minimum Gasteiger partial charge on any atom is -0.334 e. The molecule has 0 saturated carbocycles. The van der Waals surface area contributed by atoms with Crippen LogP contribution in [0.5, 0.6) is 0 Å². The van der Waals surface area contributed by atoms with E-state index < -0.39 is 35.6 Å². The van der Waals surface area contributed by atoms with Gasteiger partial charge in [0, 0.05) is 59.6 Å². The van der Waals surface area contributed by atoms with Gasteiger partial charge in [0.1, 0.15) is 11.6 Å². The Morgan fingerprint density at radius 1 is 1.04 bits per heavy atom. The number of hydrogen-bond acceptors (Lipinski definition) is 4. The van der Waals surface area contributed by atoms with Gasteiger partial charge in [0.2, 0.25) is 5.91 Å². The molecule has 240 valence electrons. The van der Waals surface area contributed by atoms with Crippen LogP contribution in [0.2, 0.25) is 0 Å². The zero-order chi connectivity index (χ0) is 33.0. The second-order valence-corrected chi connectivity index (χ2v) is 12.9. The molecule has 3 atom stereocenters. The van der Waals surface area contributed by atoms with Crippen LogP contribution in [-0.2, 0) is 24.4 Å². The molecule has 1 saturated heterocycles. The number of anilines is 2. The summed E-state index contributed by atoms with van der Waals surface area (Å²) in [6, 6.07) is 20.2. The number of amides is 2. The average Bonchev–Trinajstić information content (AvgIpc) is 3.67. The molecular formula is C35H30BrF3N6O2. The van der Waals surface area contributed by atoms with E-state index in [1.165, 1.54) is 12.1 Å². The molecule has 7 rings (SSSR count). The minimum absolute atomic E-state index is 0.0622. The molecule has 8 nitrogen and oxygen atoms in total. The van der Waals surface area contributed by atoms with Crippen molar-refractivity contribution in [2.45, 2.75) is 38.0 Å². The summed E-state index contributed by atoms with van der Waals surface area (Å²) in [5, 5.41) is 4.78. The van der Waals surface area contributed by atoms with E-state index in [0.717, 1.165) is 28.6 Å². The van der Waals surface area contributed by atoms with E-state index in [1.54, 1.807) is 22.2 Å². The molecule has 5 aromatic rings. The SMILES string of the molecule is C[C@H]1CC2C(=O)N(c3ccc(-c4nccn4C)cc3)c3c(Cc4ccccc4)cnn3C2CN1C(=O)c1ccc(Br)c(C(F)(F)F)c1. The van der Waals surface area contributed by atoms with E-state index in [0.29, 0.717) is 24.3 Å². The third-order valence-corrected chi connectivity index (χ3v) is 9.79. The molecule has 0 aliphatic carbocycles. The number of halogens is 4. The molecule has 12 heteroatoms. The predicted octanol–water partition coefficient (Wildman–Crippen LogP) is 7.43. The van der Waals surface area contributed by atoms with Gasteiger partial charge in [0.25, 0.3) is 5.91 Å². The van der Waals surface area contributed by atoms with Crippen molar-refractivity contribution in [1.29, 1.82) is 0 Å². The van der Waals surface area contributed by atoms with Crippen molar-refractivity contribution in [3.63, 3.8) is 0 Å². The molecule has 0 N–H and O–H groups in total. The van der Waals surface area contributed by atoms with E-state index in [-0.39, 0.29) is 22.5 Å². The fraction of sp³-hybridized carbons (Fsp3) is 0.257. The van der Waals surface area contributed by atoms with Crippen molar-refractivity contribution >= 4 is 39.2 Å². The molecule has 2 unspecified atom stereocenters. The summed E-state index contributed by atoms with van der Waals surface area (Å²) in [5.41, 5.74) is 2.51. The van der Waals surface area contributed by atoms with Gasteiger partial charge in [0.15, 0.2) is 0 Å². The van der Waals surface area contributed by atoms with Gasteiger partial charge in [0.05, 0.1) is 29.4 Å². The van der Waals surface area contributed by atoms with Crippen molar-refractivity contribution in [3.8, 4) is 11.4 Å². The fourth-order valence-electron chi connectivity index (χ4n) is 6.74. The normalized spacial score (nSPS) is 19.4. The number of likely N-dealkylation sites (tertiary alicyclic amines) is 1. The first kappa shape index (κ1) is 30.9. The van der Waals surface area contributed by atoms with Gasteiger partial charge in [-0.25, -0.2) is 9.67 Å². The Morgan fingerprint density at radius 3 is 2.47 bits per heavy atom. The van der Waals surface area contributed by atoms with Crippen LogP contribution < -0.4 is 4.90 Å². The number of fused-ring (bicyclic) bond motifs is 3. The molecule has 2 aromatic heterocycles. The lowest BCUT2D eigenvalue weighted by molar-refractivity contribution is -0.138. The van der Waals surface area contributed by atoms with Crippen LogP contribution in [0, 0.1) is 5.92 Å². The molecule has 4 heterocycles. The summed E-state index contributed by atoms with van der Waals surface area (Å²) in [6.45, 7) is 1.95. The van der Waals surface area contributed by atoms with Crippen LogP contribution in [0.1, 0.15) is 46.4 Å². The number of carbonyl (C=O) groups excluding carboxylic acids is 2. The maximum absolute atomic E-state index is 14.5. The van der Waals surface area contributed by atoms with Crippen LogP contribution in [-0.4, -0.2) is 48.6 Å². The Morgan fingerprint density at radius 2 is 1.79 bits per heavy atom. The monoisotopic (exact) mass is 702 g/mol. The number of carbonyl (C=O) groups is 2. The highest BCUT2D eigenvalue weighted by Crippen LogP contribution is 2.45. The highest BCUT2D eigenvalue weighted by molar-refractivity contribution is 9.10. The number of benzene rings is 3. The van der Waals surface area contributed by atoms with E-state index in [2.05, 4.69) is 20.9 Å². The van der Waals surface area contributed by atoms with Gasteiger partial charge >= 0.3 is 6.18 Å². The summed E-state index contributed by atoms with van der Waals surface area (Å²) in [4.78, 5) is 36.0. The maximum Gasteiger partial charge on any atom is 0.417 e. The van der Waals surface area contributed by atoms with Gasteiger partial charge in [-0.2, -0.15) is 18.3 Å². The molecule has 1 fully saturated rings. The molecule has 2 amide bonds. The molecule has 3 aromatic carbocycles. The van der Waals surface area contributed by atoms with Crippen molar-refractivity contribution in [2.24, 2.45) is 13.0 Å². The second kappa shape index (κ2) is 11.8. The molecule has 0 radical (unpaired) electrons. The van der Waals surface area contributed by atoms with Crippen molar-refractivity contribution in [1.82, 2.24) is 24.2 Å². The number of aryl methyl sites for hydroxylation is 1. The molecule has 2 aliphatic heterocycles. The Hall–Kier alpha value is -4.71. The van der Waals surface area contributed by atoms with Gasteiger partial charge < -0.3 is 9.47 Å². The zero-order valence-corrected chi connectivity index (χ0v) is 27.1. The molecule has 0 bridgehead atoms. The standard InChI is InChI=1S/C35H30BrF3N6O2/c1-21-16-27-30(20-43(21)33(46)24-10-13-29(36)28(18-24)35(37,38)39)45-32(25(19-41-45)17-22-6-4-3-5-7-22)44(34(27)47)26-11-8-23(9-12-26)31-40-14-15-42(31)2/h3-15,18-19,21,27,30H,16-17,20H2,1-2H3/t21-,27?,30?/m0/s1. The first-order valence-corrected chi connectivity index (χ1v) is 16.0. The third kappa shape index (κ3) is 5.54. The predicted molar refractivity (Wildman–Crippen MR) is 174 cm³/mol. The van der Waals surface area contributed by atoms with E-state index in [4.69, 9.17) is 5.10 Å². The largest absolute Gasteiger partial charge is 0.417 e. The smallest absolute Gasteiger partial charge is 0.334 e. The zero-order valence-electron chi connectivity index (χ0n) is 25.5. The Balaban J connectivity index is 1.27. The van der Waals surface area contributed by atoms with Crippen LogP contribution in [0.15, 0.2) is 95.9 Å². The molecule has 47 heavy (non-hydrogen) atoms. The lowest BCUT2D eigenvalue weighted by Crippen LogP contribution is -2.56. The van der Waals surface area contributed by atoms with Gasteiger partial charge in [-0.15, -0.1) is 0 Å². The number of aromatic nitrogens is 4. The number of piperidine rings is 1. The lowest BCUT2D eigenvalue weighted by Gasteiger charge is -2.47. The van der Waals surface area contributed by atoms with Gasteiger partial charge in [-0.1, -0.05) is 46.3 Å². The molecule has 2 aliphatic rings. The first-order chi connectivity index (χ1) is 22.5. The van der Waals surface area contributed by atoms with Crippen molar-refractivity contribution in [3.05, 3.63) is 118 Å². The van der Waals surface area contributed by atoms with Crippen LogP contribution in [0.4, 0.5) is 24.7 Å². The summed E-state index contributed by atoms with van der Waals surface area (Å²) >= 11 is 2.96. The summed E-state index contributed by atoms with van der Waals surface area (Å²) < 4.78 is 44.6.